The predicted octanol–water partition coefficient (Wildman–Crippen LogP) is 7.04. The van der Waals surface area contributed by atoms with Gasteiger partial charge in [0.25, 0.3) is 5.91 Å². The molecule has 0 radical (unpaired) electrons. The minimum atomic E-state index is -1.25. The third-order valence-electron chi connectivity index (χ3n) is 6.78. The summed E-state index contributed by atoms with van der Waals surface area (Å²) in [4.78, 5) is 37.9. The van der Waals surface area contributed by atoms with E-state index in [2.05, 4.69) is 5.32 Å². The number of carbonyl (C=O) groups is 3. The van der Waals surface area contributed by atoms with Crippen LogP contribution in [0.1, 0.15) is 55.1 Å². The van der Waals surface area contributed by atoms with E-state index in [1.54, 1.807) is 12.1 Å². The number of rotatable bonds is 12. The lowest BCUT2D eigenvalue weighted by Gasteiger charge is -2.17. The van der Waals surface area contributed by atoms with Crippen LogP contribution in [0.3, 0.4) is 0 Å². The molecule has 41 heavy (non-hydrogen) atoms. The third-order valence-corrected chi connectivity index (χ3v) is 7.03. The maximum Gasteiger partial charge on any atom is 0.305 e. The van der Waals surface area contributed by atoms with Gasteiger partial charge in [0.05, 0.1) is 23.8 Å². The molecule has 1 atom stereocenters. The largest absolute Gasteiger partial charge is 0.481 e. The SMILES string of the molecule is CC(C)c1c(C(=O)Nc2ccccc2)c(-c2ccccc2)c(-c2ccc(Cl)cc2)n1CCC(=O)CC(O)CC(=O)O. The molecule has 1 unspecified atom stereocenters. The summed E-state index contributed by atoms with van der Waals surface area (Å²) in [5.74, 6) is -1.79. The summed E-state index contributed by atoms with van der Waals surface area (Å²) in [5.41, 5.74) is 5.12. The Balaban J connectivity index is 1.90. The zero-order chi connectivity index (χ0) is 29.5. The van der Waals surface area contributed by atoms with Gasteiger partial charge in [-0.3, -0.25) is 14.4 Å². The number of hydrogen-bond donors (Lipinski definition) is 3. The summed E-state index contributed by atoms with van der Waals surface area (Å²) in [7, 11) is 0. The monoisotopic (exact) mass is 572 g/mol. The van der Waals surface area contributed by atoms with Gasteiger partial charge in [0.2, 0.25) is 0 Å². The first kappa shape index (κ1) is 29.8. The number of halogens is 1. The molecule has 8 heteroatoms. The lowest BCUT2D eigenvalue weighted by atomic mass is 9.94. The molecular formula is C33H33ClN2O5. The summed E-state index contributed by atoms with van der Waals surface area (Å²) in [6.45, 7) is 4.25. The molecule has 0 aliphatic rings. The van der Waals surface area contributed by atoms with E-state index in [4.69, 9.17) is 16.7 Å². The molecule has 1 amide bonds. The van der Waals surface area contributed by atoms with Crippen molar-refractivity contribution in [2.75, 3.05) is 5.32 Å². The van der Waals surface area contributed by atoms with Crippen LogP contribution < -0.4 is 5.32 Å². The number of carbonyl (C=O) groups excluding carboxylic acids is 2. The number of carboxylic acids is 1. The van der Waals surface area contributed by atoms with Crippen molar-refractivity contribution in [1.82, 2.24) is 4.57 Å². The van der Waals surface area contributed by atoms with E-state index >= 15 is 0 Å². The second-order valence-electron chi connectivity index (χ2n) is 10.2. The van der Waals surface area contributed by atoms with Crippen LogP contribution >= 0.6 is 11.6 Å². The van der Waals surface area contributed by atoms with Crippen molar-refractivity contribution in [3.8, 4) is 22.4 Å². The number of aliphatic hydroxyl groups excluding tert-OH is 1. The van der Waals surface area contributed by atoms with Crippen LogP contribution in [0.5, 0.6) is 0 Å². The number of amides is 1. The van der Waals surface area contributed by atoms with Gasteiger partial charge in [-0.1, -0.05) is 86.1 Å². The lowest BCUT2D eigenvalue weighted by molar-refractivity contribution is -0.139. The van der Waals surface area contributed by atoms with Crippen molar-refractivity contribution in [3.05, 3.63) is 101 Å². The van der Waals surface area contributed by atoms with Crippen molar-refractivity contribution < 1.29 is 24.6 Å². The van der Waals surface area contributed by atoms with Gasteiger partial charge in [-0.15, -0.1) is 0 Å². The Morgan fingerprint density at radius 2 is 1.46 bits per heavy atom. The Bertz CT molecular complexity index is 1510. The Labute approximate surface area is 244 Å². The van der Waals surface area contributed by atoms with Gasteiger partial charge in [-0.2, -0.15) is 0 Å². The topological polar surface area (TPSA) is 109 Å². The number of benzene rings is 3. The average molecular weight is 573 g/mol. The van der Waals surface area contributed by atoms with Crippen molar-refractivity contribution in [1.29, 1.82) is 0 Å². The number of para-hydroxylation sites is 1. The molecule has 0 spiro atoms. The highest BCUT2D eigenvalue weighted by Gasteiger charge is 2.30. The first-order valence-corrected chi connectivity index (χ1v) is 13.9. The number of nitrogens with zero attached hydrogens (tertiary/aromatic N) is 1. The minimum Gasteiger partial charge on any atom is -0.481 e. The third kappa shape index (κ3) is 7.31. The number of aliphatic hydroxyl groups is 1. The smallest absolute Gasteiger partial charge is 0.305 e. The molecule has 7 nitrogen and oxygen atoms in total. The van der Waals surface area contributed by atoms with Crippen LogP contribution in [-0.4, -0.2) is 38.5 Å². The first-order chi connectivity index (χ1) is 19.7. The van der Waals surface area contributed by atoms with Gasteiger partial charge < -0.3 is 20.1 Å². The van der Waals surface area contributed by atoms with E-state index in [0.29, 0.717) is 16.3 Å². The lowest BCUT2D eigenvalue weighted by Crippen LogP contribution is -2.19. The number of anilines is 1. The summed E-state index contributed by atoms with van der Waals surface area (Å²) < 4.78 is 2.01. The highest BCUT2D eigenvalue weighted by Crippen LogP contribution is 2.42. The molecule has 3 N–H and O–H groups in total. The number of aromatic nitrogens is 1. The maximum atomic E-state index is 14.1. The van der Waals surface area contributed by atoms with Gasteiger partial charge in [0.1, 0.15) is 5.78 Å². The van der Waals surface area contributed by atoms with Crippen LogP contribution in [0.15, 0.2) is 84.9 Å². The molecule has 1 aromatic heterocycles. The molecule has 0 bridgehead atoms. The molecule has 1 heterocycles. The van der Waals surface area contributed by atoms with E-state index in [-0.39, 0.29) is 37.0 Å². The highest BCUT2D eigenvalue weighted by atomic mass is 35.5. The number of hydrogen-bond acceptors (Lipinski definition) is 4. The van der Waals surface area contributed by atoms with E-state index < -0.39 is 18.5 Å². The summed E-state index contributed by atoms with van der Waals surface area (Å²) in [5, 5.41) is 22.6. The second-order valence-corrected chi connectivity index (χ2v) is 10.7. The predicted molar refractivity (Wildman–Crippen MR) is 161 cm³/mol. The van der Waals surface area contributed by atoms with Crippen molar-refractivity contribution in [2.45, 2.75) is 51.7 Å². The highest BCUT2D eigenvalue weighted by molar-refractivity contribution is 6.30. The van der Waals surface area contributed by atoms with Gasteiger partial charge >= 0.3 is 5.97 Å². The normalized spacial score (nSPS) is 11.8. The van der Waals surface area contributed by atoms with Gasteiger partial charge in [-0.05, 0) is 41.3 Å². The molecule has 0 fully saturated rings. The van der Waals surface area contributed by atoms with E-state index in [0.717, 1.165) is 28.1 Å². The Morgan fingerprint density at radius 3 is 2.05 bits per heavy atom. The van der Waals surface area contributed by atoms with Crippen LogP contribution in [0.2, 0.25) is 5.02 Å². The van der Waals surface area contributed by atoms with Crippen LogP contribution in [0.4, 0.5) is 5.69 Å². The summed E-state index contributed by atoms with van der Waals surface area (Å²) >= 11 is 6.23. The van der Waals surface area contributed by atoms with Crippen LogP contribution in [0.25, 0.3) is 22.4 Å². The summed E-state index contributed by atoms with van der Waals surface area (Å²) in [6.07, 6.45) is -1.95. The number of ketones is 1. The quantitative estimate of drug-likeness (QED) is 0.169. The Morgan fingerprint density at radius 1 is 0.854 bits per heavy atom. The van der Waals surface area contributed by atoms with Crippen molar-refractivity contribution >= 4 is 34.9 Å². The fourth-order valence-corrected chi connectivity index (χ4v) is 5.21. The number of aliphatic carboxylic acids is 1. The number of nitrogens with one attached hydrogen (secondary N) is 1. The molecule has 4 rings (SSSR count). The molecular weight excluding hydrogens is 540 g/mol. The van der Waals surface area contributed by atoms with Crippen molar-refractivity contribution in [2.24, 2.45) is 0 Å². The fourth-order valence-electron chi connectivity index (χ4n) is 5.08. The number of Topliss-reactive ketones (excluding diaryl/α,β-unsaturated/α-hetero) is 1. The van der Waals surface area contributed by atoms with Crippen molar-refractivity contribution in [3.63, 3.8) is 0 Å². The maximum absolute atomic E-state index is 14.1. The van der Waals surface area contributed by atoms with Gasteiger partial charge in [0, 0.05) is 41.4 Å². The average Bonchev–Trinajstić information content (AvgIpc) is 3.28. The minimum absolute atomic E-state index is 0.0552. The van der Waals surface area contributed by atoms with E-state index in [1.807, 2.05) is 91.2 Å². The standard InChI is InChI=1S/C33H33ClN2O5/c1-21(2)31-30(33(41)35-25-11-7-4-8-12-25)29(22-9-5-3-6-10-22)32(23-13-15-24(34)16-14-23)36(31)18-17-26(37)19-27(38)20-28(39)40/h3-16,21,27,38H,17-20H2,1-2H3,(H,35,41)(H,39,40). The van der Waals surface area contributed by atoms with E-state index in [9.17, 15) is 19.5 Å². The second kappa shape index (κ2) is 13.4. The fraction of sp³-hybridized carbons (Fsp3) is 0.242. The molecule has 212 valence electrons. The van der Waals surface area contributed by atoms with Crippen LogP contribution in [0, 0.1) is 0 Å². The summed E-state index contributed by atoms with van der Waals surface area (Å²) in [6, 6.07) is 26.2. The van der Waals surface area contributed by atoms with E-state index in [1.165, 1.54) is 0 Å². The molecule has 0 saturated heterocycles. The first-order valence-electron chi connectivity index (χ1n) is 13.5. The van der Waals surface area contributed by atoms with Gasteiger partial charge in [-0.25, -0.2) is 0 Å². The van der Waals surface area contributed by atoms with Gasteiger partial charge in [0.15, 0.2) is 0 Å². The molecule has 0 aliphatic carbocycles. The van der Waals surface area contributed by atoms with Crippen LogP contribution in [-0.2, 0) is 16.1 Å². The Kier molecular flexibility index (Phi) is 9.76. The molecule has 3 aromatic carbocycles. The molecule has 0 saturated carbocycles. The zero-order valence-electron chi connectivity index (χ0n) is 23.0. The Hall–Kier alpha value is -4.20. The number of carboxylic acid groups (broad SMARTS) is 1. The zero-order valence-corrected chi connectivity index (χ0v) is 23.8. The molecule has 0 aliphatic heterocycles. The molecule has 4 aromatic rings.